The van der Waals surface area contributed by atoms with Gasteiger partial charge in [-0.15, -0.1) is 0 Å². The lowest BCUT2D eigenvalue weighted by atomic mass is 10.0. The van der Waals surface area contributed by atoms with E-state index in [2.05, 4.69) is 160 Å². The van der Waals surface area contributed by atoms with Crippen LogP contribution in [0.15, 0.2) is 146 Å². The fourth-order valence-electron chi connectivity index (χ4n) is 8.74. The molecule has 3 unspecified atom stereocenters. The number of amides is 1. The fourth-order valence-corrected chi connectivity index (χ4v) is 9.48. The SMILES string of the molecule is CC/C=C\C/C=C\C/C=C\C/C=C\C/C=C\C/C=C\CCCCCCCCCCC(=O)NC(COP(=O)(O)OCC[N+](C)(C)C)C(/C=C\CCCCCCCCCCCCC)OC(=O)CCC/C=C\C/C=C\C/C=C\C/C=C\C/C=C\CC. The fraction of sp³-hybridized carbons (Fsp3) is 0.644. The van der Waals surface area contributed by atoms with Crippen LogP contribution in [0.2, 0.25) is 0 Å². The largest absolute Gasteiger partial charge is 0.472 e. The van der Waals surface area contributed by atoms with Crippen LogP contribution in [-0.4, -0.2) is 74.3 Å². The van der Waals surface area contributed by atoms with Crippen molar-refractivity contribution in [2.45, 2.75) is 264 Å². The summed E-state index contributed by atoms with van der Waals surface area (Å²) in [7, 11) is 1.44. The number of rotatable bonds is 58. The van der Waals surface area contributed by atoms with Crippen molar-refractivity contribution in [1.82, 2.24) is 5.32 Å². The third kappa shape index (κ3) is 62.2. The number of likely N-dealkylation sites (N-methyl/N-ethyl adjacent to an activating group) is 1. The number of ether oxygens (including phenoxy) is 1. The normalized spacial score (nSPS) is 14.5. The van der Waals surface area contributed by atoms with E-state index >= 15 is 0 Å². The smallest absolute Gasteiger partial charge is 0.456 e. The lowest BCUT2D eigenvalue weighted by Crippen LogP contribution is -2.47. The summed E-state index contributed by atoms with van der Waals surface area (Å²) in [6.07, 6.45) is 88.6. The molecule has 0 aliphatic heterocycles. The Morgan fingerprint density at radius 2 is 0.783 bits per heavy atom. The quantitative estimate of drug-likeness (QED) is 0.0205. The number of nitrogens with zero attached hydrogens (tertiary/aromatic N) is 1. The molecule has 0 aromatic carbocycles. The van der Waals surface area contributed by atoms with E-state index in [1.54, 1.807) is 0 Å². The highest BCUT2D eigenvalue weighted by Gasteiger charge is 2.30. The van der Waals surface area contributed by atoms with Gasteiger partial charge in [0.2, 0.25) is 5.91 Å². The molecular formula is C73H124N2O7P+. The van der Waals surface area contributed by atoms with E-state index in [9.17, 15) is 19.0 Å². The van der Waals surface area contributed by atoms with Crippen molar-refractivity contribution in [2.24, 2.45) is 0 Å². The highest BCUT2D eigenvalue weighted by molar-refractivity contribution is 7.47. The molecule has 0 fully saturated rings. The van der Waals surface area contributed by atoms with E-state index in [4.69, 9.17) is 13.8 Å². The summed E-state index contributed by atoms with van der Waals surface area (Å²) >= 11 is 0. The molecule has 0 heterocycles. The molecule has 0 saturated heterocycles. The van der Waals surface area contributed by atoms with Gasteiger partial charge < -0.3 is 19.4 Å². The molecule has 3 atom stereocenters. The first-order valence-electron chi connectivity index (χ1n) is 33.2. The molecule has 9 nitrogen and oxygen atoms in total. The predicted molar refractivity (Wildman–Crippen MR) is 359 cm³/mol. The first-order chi connectivity index (χ1) is 40.4. The maximum absolute atomic E-state index is 13.6. The number of allylic oxidation sites excluding steroid dienone is 23. The minimum Gasteiger partial charge on any atom is -0.456 e. The van der Waals surface area contributed by atoms with Crippen LogP contribution in [0.1, 0.15) is 252 Å². The number of hydrogen-bond acceptors (Lipinski definition) is 6. The maximum atomic E-state index is 13.6. The molecule has 2 N–H and O–H groups in total. The summed E-state index contributed by atoms with van der Waals surface area (Å²) < 4.78 is 30.7. The van der Waals surface area contributed by atoms with Gasteiger partial charge in [-0.2, -0.15) is 0 Å². The second-order valence-electron chi connectivity index (χ2n) is 22.9. The molecule has 0 radical (unpaired) electrons. The van der Waals surface area contributed by atoms with Gasteiger partial charge in [-0.25, -0.2) is 4.57 Å². The van der Waals surface area contributed by atoms with Crippen LogP contribution in [0.5, 0.6) is 0 Å². The Morgan fingerprint density at radius 3 is 1.18 bits per heavy atom. The number of quaternary nitrogens is 1. The van der Waals surface area contributed by atoms with Crippen LogP contribution in [0.3, 0.4) is 0 Å². The average molecular weight is 1170 g/mol. The van der Waals surface area contributed by atoms with Gasteiger partial charge in [0.05, 0.1) is 33.8 Å². The van der Waals surface area contributed by atoms with E-state index in [0.29, 0.717) is 23.9 Å². The summed E-state index contributed by atoms with van der Waals surface area (Å²) in [4.78, 5) is 37.8. The van der Waals surface area contributed by atoms with Gasteiger partial charge in [0.1, 0.15) is 19.3 Å². The van der Waals surface area contributed by atoms with Gasteiger partial charge >= 0.3 is 13.8 Å². The van der Waals surface area contributed by atoms with E-state index < -0.39 is 20.0 Å². The molecule has 0 aromatic heterocycles. The molecule has 0 bridgehead atoms. The first kappa shape index (κ1) is 78.9. The Kier molecular flexibility index (Phi) is 58.0. The lowest BCUT2D eigenvalue weighted by Gasteiger charge is -2.27. The molecule has 0 aromatic rings. The Bertz CT molecular complexity index is 1930. The summed E-state index contributed by atoms with van der Waals surface area (Å²) in [5.74, 6) is -0.592. The van der Waals surface area contributed by atoms with Crippen LogP contribution in [0.25, 0.3) is 0 Å². The third-order valence-electron chi connectivity index (χ3n) is 13.8. The molecule has 0 saturated carbocycles. The number of carbonyl (C=O) groups excluding carboxylic acids is 2. The Balaban J connectivity index is 5.25. The second kappa shape index (κ2) is 61.0. The van der Waals surface area contributed by atoms with Gasteiger partial charge in [0.25, 0.3) is 0 Å². The molecule has 0 aliphatic carbocycles. The molecule has 10 heteroatoms. The van der Waals surface area contributed by atoms with Crippen molar-refractivity contribution in [2.75, 3.05) is 40.9 Å². The van der Waals surface area contributed by atoms with Gasteiger partial charge in [-0.3, -0.25) is 18.6 Å². The molecule has 472 valence electrons. The molecule has 1 amide bonds. The summed E-state index contributed by atoms with van der Waals surface area (Å²) in [6.45, 7) is 6.73. The van der Waals surface area contributed by atoms with Gasteiger partial charge in [0, 0.05) is 12.8 Å². The standard InChI is InChI=1S/C73H123N2O7P/c1-7-10-13-16-19-22-25-28-30-32-33-34-35-36-37-38-39-40-41-43-44-47-50-53-56-59-62-65-72(76)74-70(69-81-83(78,79)80-68-67-75(4,5)6)71(64-61-58-55-52-49-46-27-24-21-18-15-12-9-3)82-73(77)66-63-60-57-54-51-48-45-42-31-29-26-23-20-17-14-11-8-2/h10-11,13-14,19-20,22-23,28-31,33-34,36-37,39-40,45,48,54,57,61,64,70-71H,7-9,12,15-18,21,24-27,32,35,38,41-44,46-47,49-53,55-56,58-60,62-63,65-69H2,1-6H3,(H-,74,76,78,79)/p+1/b13-10-,14-11-,22-19-,23-20-,30-28-,31-29-,34-33-,37-36-,40-39-,48-45-,57-54-,64-61-. The van der Waals surface area contributed by atoms with Gasteiger partial charge in [-0.05, 0) is 122 Å². The maximum Gasteiger partial charge on any atom is 0.472 e. The monoisotopic (exact) mass is 1170 g/mol. The highest BCUT2D eigenvalue weighted by atomic mass is 31.2. The number of unbranched alkanes of at least 4 members (excludes halogenated alkanes) is 20. The van der Waals surface area contributed by atoms with E-state index in [0.717, 1.165) is 128 Å². The molecular weight excluding hydrogens is 1050 g/mol. The number of carbonyl (C=O) groups is 2. The number of hydrogen-bond donors (Lipinski definition) is 2. The highest BCUT2D eigenvalue weighted by Crippen LogP contribution is 2.43. The summed E-state index contributed by atoms with van der Waals surface area (Å²) in [5.41, 5.74) is 0. The third-order valence-corrected chi connectivity index (χ3v) is 14.8. The Labute approximate surface area is 510 Å². The number of esters is 1. The van der Waals surface area contributed by atoms with Crippen LogP contribution >= 0.6 is 7.82 Å². The second-order valence-corrected chi connectivity index (χ2v) is 24.3. The lowest BCUT2D eigenvalue weighted by molar-refractivity contribution is -0.870. The number of phosphoric acid groups is 1. The Hall–Kier alpha value is -4.11. The number of phosphoric ester groups is 1. The number of nitrogens with one attached hydrogen (secondary N) is 1. The van der Waals surface area contributed by atoms with E-state index in [-0.39, 0.29) is 31.5 Å². The summed E-state index contributed by atoms with van der Waals surface area (Å²) in [6, 6.07) is -0.888. The van der Waals surface area contributed by atoms with Crippen LogP contribution < -0.4 is 5.32 Å². The molecule has 0 aliphatic rings. The molecule has 83 heavy (non-hydrogen) atoms. The van der Waals surface area contributed by atoms with Crippen LogP contribution in [-0.2, 0) is 27.9 Å². The van der Waals surface area contributed by atoms with E-state index in [1.165, 1.54) is 83.5 Å². The predicted octanol–water partition coefficient (Wildman–Crippen LogP) is 21.0. The van der Waals surface area contributed by atoms with E-state index in [1.807, 2.05) is 33.3 Å². The van der Waals surface area contributed by atoms with Crippen molar-refractivity contribution in [3.63, 3.8) is 0 Å². The Morgan fingerprint density at radius 1 is 0.434 bits per heavy atom. The molecule has 0 rings (SSSR count). The zero-order chi connectivity index (χ0) is 60.7. The first-order valence-corrected chi connectivity index (χ1v) is 34.7. The zero-order valence-corrected chi connectivity index (χ0v) is 54.8. The topological polar surface area (TPSA) is 111 Å². The van der Waals surface area contributed by atoms with Crippen LogP contribution in [0.4, 0.5) is 0 Å². The zero-order valence-electron chi connectivity index (χ0n) is 53.9. The van der Waals surface area contributed by atoms with Gasteiger partial charge in [0.15, 0.2) is 0 Å². The minimum absolute atomic E-state index is 0.0216. The van der Waals surface area contributed by atoms with Crippen molar-refractivity contribution in [1.29, 1.82) is 0 Å². The van der Waals surface area contributed by atoms with Crippen LogP contribution in [0, 0.1) is 0 Å². The van der Waals surface area contributed by atoms with Crippen molar-refractivity contribution in [3.05, 3.63) is 146 Å². The summed E-state index contributed by atoms with van der Waals surface area (Å²) in [5, 5.41) is 3.04. The van der Waals surface area contributed by atoms with Gasteiger partial charge in [-0.1, -0.05) is 263 Å². The van der Waals surface area contributed by atoms with Crippen molar-refractivity contribution >= 4 is 19.7 Å². The molecule has 0 spiro atoms. The average Bonchev–Trinajstić information content (AvgIpc) is 3.47. The van der Waals surface area contributed by atoms with Crippen molar-refractivity contribution in [3.8, 4) is 0 Å². The van der Waals surface area contributed by atoms with Crippen molar-refractivity contribution < 1.29 is 37.3 Å². The minimum atomic E-state index is -4.48.